The minimum atomic E-state index is -1.07. The van der Waals surface area contributed by atoms with Gasteiger partial charge in [-0.25, -0.2) is 4.79 Å². The van der Waals surface area contributed by atoms with Gasteiger partial charge in [0.25, 0.3) is 5.91 Å². The smallest absolute Gasteiger partial charge is 0.335 e. The molecule has 1 aromatic carbocycles. The molecule has 2 aromatic rings. The van der Waals surface area contributed by atoms with Gasteiger partial charge in [-0.2, -0.15) is 0 Å². The molecule has 0 saturated heterocycles. The lowest BCUT2D eigenvalue weighted by molar-refractivity contribution is 0.0696. The normalized spacial score (nSPS) is 10.1. The number of carbonyl (C=O) groups is 2. The van der Waals surface area contributed by atoms with E-state index in [4.69, 9.17) is 9.84 Å². The number of aromatic nitrogens is 1. The van der Waals surface area contributed by atoms with Crippen LogP contribution in [-0.2, 0) is 7.05 Å². The van der Waals surface area contributed by atoms with Crippen LogP contribution < -0.4 is 10.1 Å². The SMILES string of the molecule is COc1ccc(C(=O)O)cc1NC(=O)c1cccn1C. The summed E-state index contributed by atoms with van der Waals surface area (Å²) in [5, 5.41) is 11.6. The van der Waals surface area contributed by atoms with E-state index >= 15 is 0 Å². The third-order valence-electron chi connectivity index (χ3n) is 2.87. The number of nitrogens with zero attached hydrogens (tertiary/aromatic N) is 1. The average Bonchev–Trinajstić information content (AvgIpc) is 2.84. The van der Waals surface area contributed by atoms with Gasteiger partial charge in [-0.3, -0.25) is 4.79 Å². The third kappa shape index (κ3) is 2.64. The number of amides is 1. The molecule has 104 valence electrons. The molecule has 0 bridgehead atoms. The quantitative estimate of drug-likeness (QED) is 0.893. The number of aromatic carboxylic acids is 1. The molecule has 0 aliphatic carbocycles. The lowest BCUT2D eigenvalue weighted by atomic mass is 10.2. The standard InChI is InChI=1S/C14H14N2O4/c1-16-7-3-4-11(16)13(17)15-10-8-9(14(18)19)5-6-12(10)20-2/h3-8H,1-2H3,(H,15,17)(H,18,19). The summed E-state index contributed by atoms with van der Waals surface area (Å²) in [5.74, 6) is -1.00. The molecule has 0 fully saturated rings. The Balaban J connectivity index is 2.32. The molecule has 0 radical (unpaired) electrons. The molecule has 20 heavy (non-hydrogen) atoms. The molecule has 0 unspecified atom stereocenters. The van der Waals surface area contributed by atoms with Crippen molar-refractivity contribution < 1.29 is 19.4 Å². The van der Waals surface area contributed by atoms with E-state index in [1.54, 1.807) is 29.9 Å². The fourth-order valence-electron chi connectivity index (χ4n) is 1.82. The van der Waals surface area contributed by atoms with E-state index < -0.39 is 5.97 Å². The number of ether oxygens (including phenoxy) is 1. The summed E-state index contributed by atoms with van der Waals surface area (Å²) in [5.41, 5.74) is 0.861. The number of benzene rings is 1. The Bertz CT molecular complexity index is 661. The number of carbonyl (C=O) groups excluding carboxylic acids is 1. The number of nitrogens with one attached hydrogen (secondary N) is 1. The number of rotatable bonds is 4. The van der Waals surface area contributed by atoms with E-state index in [9.17, 15) is 9.59 Å². The lowest BCUT2D eigenvalue weighted by Gasteiger charge is -2.11. The molecule has 6 heteroatoms. The Morgan fingerprint density at radius 2 is 2.05 bits per heavy atom. The molecule has 0 spiro atoms. The number of hydrogen-bond acceptors (Lipinski definition) is 3. The molecule has 1 heterocycles. The summed E-state index contributed by atoms with van der Waals surface area (Å²) in [6, 6.07) is 7.70. The Kier molecular flexibility index (Phi) is 3.74. The summed E-state index contributed by atoms with van der Waals surface area (Å²) >= 11 is 0. The van der Waals surface area contributed by atoms with Crippen molar-refractivity contribution in [2.24, 2.45) is 7.05 Å². The first-order valence-electron chi connectivity index (χ1n) is 5.87. The second-order valence-corrected chi connectivity index (χ2v) is 4.18. The van der Waals surface area contributed by atoms with Crippen molar-refractivity contribution in [3.63, 3.8) is 0 Å². The van der Waals surface area contributed by atoms with Crippen LogP contribution in [-0.4, -0.2) is 28.7 Å². The van der Waals surface area contributed by atoms with Gasteiger partial charge in [0.15, 0.2) is 0 Å². The third-order valence-corrected chi connectivity index (χ3v) is 2.87. The lowest BCUT2D eigenvalue weighted by Crippen LogP contribution is -2.16. The molecule has 2 rings (SSSR count). The molecule has 1 amide bonds. The van der Waals surface area contributed by atoms with Gasteiger partial charge >= 0.3 is 5.97 Å². The van der Waals surface area contributed by atoms with Crippen LogP contribution in [0.5, 0.6) is 5.75 Å². The van der Waals surface area contributed by atoms with Crippen molar-refractivity contribution in [2.75, 3.05) is 12.4 Å². The highest BCUT2D eigenvalue weighted by molar-refractivity contribution is 6.04. The molecule has 0 aliphatic rings. The first kappa shape index (κ1) is 13.7. The fourth-order valence-corrected chi connectivity index (χ4v) is 1.82. The minimum absolute atomic E-state index is 0.0768. The monoisotopic (exact) mass is 274 g/mol. The Hall–Kier alpha value is -2.76. The molecule has 0 saturated carbocycles. The molecular weight excluding hydrogens is 260 g/mol. The number of carboxylic acids is 1. The second kappa shape index (κ2) is 5.48. The first-order chi connectivity index (χ1) is 9.52. The first-order valence-corrected chi connectivity index (χ1v) is 5.87. The van der Waals surface area contributed by atoms with Crippen molar-refractivity contribution in [3.05, 3.63) is 47.8 Å². The van der Waals surface area contributed by atoms with Gasteiger partial charge in [0.05, 0.1) is 18.4 Å². The molecule has 2 N–H and O–H groups in total. The van der Waals surface area contributed by atoms with Crippen molar-refractivity contribution >= 4 is 17.6 Å². The van der Waals surface area contributed by atoms with E-state index in [-0.39, 0.29) is 11.5 Å². The van der Waals surface area contributed by atoms with Gasteiger partial charge in [-0.1, -0.05) is 0 Å². The number of carboxylic acid groups (broad SMARTS) is 1. The average molecular weight is 274 g/mol. The molecule has 0 aliphatic heterocycles. The summed E-state index contributed by atoms with van der Waals surface area (Å²) in [7, 11) is 3.20. The van der Waals surface area contributed by atoms with Crippen LogP contribution in [0.3, 0.4) is 0 Å². The second-order valence-electron chi connectivity index (χ2n) is 4.18. The minimum Gasteiger partial charge on any atom is -0.495 e. The van der Waals surface area contributed by atoms with Gasteiger partial charge in [0.2, 0.25) is 0 Å². The Morgan fingerprint density at radius 1 is 1.30 bits per heavy atom. The topological polar surface area (TPSA) is 80.6 Å². The van der Waals surface area contributed by atoms with E-state index in [1.807, 2.05) is 0 Å². The van der Waals surface area contributed by atoms with Gasteiger partial charge < -0.3 is 19.7 Å². The fraction of sp³-hybridized carbons (Fsp3) is 0.143. The van der Waals surface area contributed by atoms with Crippen LogP contribution in [0.1, 0.15) is 20.8 Å². The summed E-state index contributed by atoms with van der Waals surface area (Å²) in [4.78, 5) is 23.1. The van der Waals surface area contributed by atoms with Crippen LogP contribution in [0.15, 0.2) is 36.5 Å². The molecular formula is C14H14N2O4. The largest absolute Gasteiger partial charge is 0.495 e. The summed E-state index contributed by atoms with van der Waals surface area (Å²) in [6.07, 6.45) is 1.75. The van der Waals surface area contributed by atoms with E-state index in [0.717, 1.165) is 0 Å². The maximum atomic E-state index is 12.1. The maximum Gasteiger partial charge on any atom is 0.335 e. The number of anilines is 1. The van der Waals surface area contributed by atoms with Crippen LogP contribution >= 0.6 is 0 Å². The van der Waals surface area contributed by atoms with Crippen LogP contribution in [0.2, 0.25) is 0 Å². The van der Waals surface area contributed by atoms with Crippen molar-refractivity contribution in [1.82, 2.24) is 4.57 Å². The zero-order valence-electron chi connectivity index (χ0n) is 11.1. The number of methoxy groups -OCH3 is 1. The number of aryl methyl sites for hydroxylation is 1. The van der Waals surface area contributed by atoms with Gasteiger partial charge in [0.1, 0.15) is 11.4 Å². The summed E-state index contributed by atoms with van der Waals surface area (Å²) in [6.45, 7) is 0. The zero-order chi connectivity index (χ0) is 14.7. The van der Waals surface area contributed by atoms with E-state index in [2.05, 4.69) is 5.32 Å². The van der Waals surface area contributed by atoms with Crippen LogP contribution in [0, 0.1) is 0 Å². The van der Waals surface area contributed by atoms with Crippen LogP contribution in [0.25, 0.3) is 0 Å². The predicted octanol–water partition coefficient (Wildman–Crippen LogP) is 1.98. The van der Waals surface area contributed by atoms with E-state index in [1.165, 1.54) is 25.3 Å². The Labute approximate surface area is 115 Å². The Morgan fingerprint density at radius 3 is 2.60 bits per heavy atom. The molecule has 0 atom stereocenters. The highest BCUT2D eigenvalue weighted by Gasteiger charge is 2.14. The highest BCUT2D eigenvalue weighted by atomic mass is 16.5. The van der Waals surface area contributed by atoms with Crippen molar-refractivity contribution in [2.45, 2.75) is 0 Å². The van der Waals surface area contributed by atoms with Gasteiger partial charge in [-0.15, -0.1) is 0 Å². The zero-order valence-corrected chi connectivity index (χ0v) is 11.1. The molecule has 6 nitrogen and oxygen atoms in total. The van der Waals surface area contributed by atoms with Crippen molar-refractivity contribution in [3.8, 4) is 5.75 Å². The molecule has 1 aromatic heterocycles. The maximum absolute atomic E-state index is 12.1. The van der Waals surface area contributed by atoms with E-state index in [0.29, 0.717) is 17.1 Å². The highest BCUT2D eigenvalue weighted by Crippen LogP contribution is 2.26. The predicted molar refractivity (Wildman–Crippen MR) is 73.3 cm³/mol. The van der Waals surface area contributed by atoms with Gasteiger partial charge in [0, 0.05) is 13.2 Å². The van der Waals surface area contributed by atoms with Gasteiger partial charge in [-0.05, 0) is 30.3 Å². The van der Waals surface area contributed by atoms with Crippen LogP contribution in [0.4, 0.5) is 5.69 Å². The van der Waals surface area contributed by atoms with Crippen molar-refractivity contribution in [1.29, 1.82) is 0 Å². The summed E-state index contributed by atoms with van der Waals surface area (Å²) < 4.78 is 6.78. The number of hydrogen-bond donors (Lipinski definition) is 2.